The number of fused-ring (bicyclic) bond motifs is 1. The van der Waals surface area contributed by atoms with Gasteiger partial charge in [-0.25, -0.2) is 9.78 Å². The van der Waals surface area contributed by atoms with Crippen LogP contribution in [-0.2, 0) is 11.3 Å². The first kappa shape index (κ1) is 19.8. The van der Waals surface area contributed by atoms with Gasteiger partial charge in [0.15, 0.2) is 5.65 Å². The van der Waals surface area contributed by atoms with E-state index >= 15 is 0 Å². The lowest BCUT2D eigenvalue weighted by Crippen LogP contribution is -2.47. The SMILES string of the molecule is CC(=O)N1CCN(Cc2cn3cccc(NC(=O)Nc4ccc(C)nc4)c3n2)CC1. The van der Waals surface area contributed by atoms with Gasteiger partial charge in [-0.1, -0.05) is 0 Å². The van der Waals surface area contributed by atoms with Crippen molar-refractivity contribution >= 4 is 29.0 Å². The van der Waals surface area contributed by atoms with Crippen molar-refractivity contribution in [1.82, 2.24) is 24.2 Å². The molecule has 0 saturated carbocycles. The fourth-order valence-corrected chi connectivity index (χ4v) is 3.51. The minimum atomic E-state index is -0.348. The van der Waals surface area contributed by atoms with Crippen LogP contribution in [0.1, 0.15) is 18.3 Å². The summed E-state index contributed by atoms with van der Waals surface area (Å²) in [5.74, 6) is 0.123. The number of hydrogen-bond donors (Lipinski definition) is 2. The minimum absolute atomic E-state index is 0.123. The summed E-state index contributed by atoms with van der Waals surface area (Å²) < 4.78 is 1.91. The highest BCUT2D eigenvalue weighted by Crippen LogP contribution is 2.18. The van der Waals surface area contributed by atoms with Gasteiger partial charge in [0.1, 0.15) is 0 Å². The molecule has 0 radical (unpaired) electrons. The van der Waals surface area contributed by atoms with Crippen LogP contribution in [0.25, 0.3) is 5.65 Å². The Labute approximate surface area is 174 Å². The summed E-state index contributed by atoms with van der Waals surface area (Å²) in [6.45, 7) is 7.33. The zero-order valence-electron chi connectivity index (χ0n) is 17.1. The summed E-state index contributed by atoms with van der Waals surface area (Å²) in [4.78, 5) is 36.9. The number of carbonyl (C=O) groups is 2. The summed E-state index contributed by atoms with van der Waals surface area (Å²) in [5, 5.41) is 5.64. The highest BCUT2D eigenvalue weighted by atomic mass is 16.2. The molecule has 9 heteroatoms. The van der Waals surface area contributed by atoms with Gasteiger partial charge in [0, 0.05) is 57.7 Å². The van der Waals surface area contributed by atoms with Crippen LogP contribution in [0, 0.1) is 6.92 Å². The van der Waals surface area contributed by atoms with E-state index in [0.29, 0.717) is 23.6 Å². The molecule has 1 aliphatic heterocycles. The number of carbonyl (C=O) groups excluding carboxylic acids is 2. The number of aromatic nitrogens is 3. The van der Waals surface area contributed by atoms with Gasteiger partial charge in [0.2, 0.25) is 5.91 Å². The molecule has 9 nitrogen and oxygen atoms in total. The van der Waals surface area contributed by atoms with E-state index in [2.05, 4.69) is 20.5 Å². The lowest BCUT2D eigenvalue weighted by Gasteiger charge is -2.33. The lowest BCUT2D eigenvalue weighted by atomic mass is 10.3. The standard InChI is InChI=1S/C21H25N7O2/c1-15-5-6-17(12-22-15)24-21(30)25-19-4-3-7-28-14-18(23-20(19)28)13-26-8-10-27(11-9-26)16(2)29/h3-7,12,14H,8-11,13H2,1-2H3,(H2,24,25,30). The number of amides is 3. The Hall–Kier alpha value is -3.46. The molecule has 1 fully saturated rings. The first-order valence-electron chi connectivity index (χ1n) is 9.93. The summed E-state index contributed by atoms with van der Waals surface area (Å²) in [6.07, 6.45) is 5.50. The second kappa shape index (κ2) is 8.50. The zero-order chi connectivity index (χ0) is 21.1. The predicted octanol–water partition coefficient (Wildman–Crippen LogP) is 2.35. The monoisotopic (exact) mass is 407 g/mol. The molecule has 0 aromatic carbocycles. The van der Waals surface area contributed by atoms with E-state index in [-0.39, 0.29) is 11.9 Å². The van der Waals surface area contributed by atoms with Crippen molar-refractivity contribution in [2.75, 3.05) is 36.8 Å². The number of imidazole rings is 1. The molecule has 30 heavy (non-hydrogen) atoms. The van der Waals surface area contributed by atoms with Gasteiger partial charge >= 0.3 is 6.03 Å². The van der Waals surface area contributed by atoms with Crippen molar-refractivity contribution in [3.63, 3.8) is 0 Å². The molecule has 4 rings (SSSR count). The van der Waals surface area contributed by atoms with Crippen LogP contribution >= 0.6 is 0 Å². The summed E-state index contributed by atoms with van der Waals surface area (Å²) in [7, 11) is 0. The van der Waals surface area contributed by atoms with Crippen LogP contribution in [0.3, 0.4) is 0 Å². The fraction of sp³-hybridized carbons (Fsp3) is 0.333. The molecule has 0 atom stereocenters. The maximum Gasteiger partial charge on any atom is 0.323 e. The van der Waals surface area contributed by atoms with E-state index < -0.39 is 0 Å². The minimum Gasteiger partial charge on any atom is -0.340 e. The van der Waals surface area contributed by atoms with Crippen molar-refractivity contribution in [1.29, 1.82) is 0 Å². The quantitative estimate of drug-likeness (QED) is 0.692. The van der Waals surface area contributed by atoms with Crippen molar-refractivity contribution < 1.29 is 9.59 Å². The Kier molecular flexibility index (Phi) is 5.62. The third-order valence-corrected chi connectivity index (χ3v) is 5.15. The van der Waals surface area contributed by atoms with Crippen LogP contribution in [-0.4, -0.2) is 62.3 Å². The third-order valence-electron chi connectivity index (χ3n) is 5.15. The van der Waals surface area contributed by atoms with Gasteiger partial charge in [-0.15, -0.1) is 0 Å². The number of nitrogens with one attached hydrogen (secondary N) is 2. The van der Waals surface area contributed by atoms with E-state index in [1.165, 1.54) is 0 Å². The molecule has 0 spiro atoms. The Morgan fingerprint density at radius 1 is 1.10 bits per heavy atom. The highest BCUT2D eigenvalue weighted by Gasteiger charge is 2.19. The number of nitrogens with zero attached hydrogens (tertiary/aromatic N) is 5. The van der Waals surface area contributed by atoms with Crippen LogP contribution in [0.5, 0.6) is 0 Å². The van der Waals surface area contributed by atoms with Crippen LogP contribution < -0.4 is 10.6 Å². The lowest BCUT2D eigenvalue weighted by molar-refractivity contribution is -0.130. The normalized spacial score (nSPS) is 14.7. The van der Waals surface area contributed by atoms with Crippen LogP contribution in [0.4, 0.5) is 16.2 Å². The van der Waals surface area contributed by atoms with Crippen molar-refractivity contribution in [3.8, 4) is 0 Å². The Bertz CT molecular complexity index is 1050. The van der Waals surface area contributed by atoms with Crippen molar-refractivity contribution in [2.24, 2.45) is 0 Å². The van der Waals surface area contributed by atoms with Crippen LogP contribution in [0.15, 0.2) is 42.9 Å². The van der Waals surface area contributed by atoms with Gasteiger partial charge in [0.05, 0.1) is 23.3 Å². The van der Waals surface area contributed by atoms with E-state index in [0.717, 1.165) is 37.6 Å². The van der Waals surface area contributed by atoms with Gasteiger partial charge in [-0.2, -0.15) is 0 Å². The summed E-state index contributed by atoms with van der Waals surface area (Å²) in [5.41, 5.74) is 3.75. The predicted molar refractivity (Wildman–Crippen MR) is 114 cm³/mol. The molecule has 3 amide bonds. The third kappa shape index (κ3) is 4.57. The maximum atomic E-state index is 12.4. The molecule has 1 aliphatic rings. The Balaban J connectivity index is 1.42. The number of hydrogen-bond acceptors (Lipinski definition) is 5. The van der Waals surface area contributed by atoms with Gasteiger partial charge in [-0.3, -0.25) is 14.7 Å². The number of rotatable bonds is 4. The molecule has 0 unspecified atom stereocenters. The Morgan fingerprint density at radius 2 is 1.90 bits per heavy atom. The van der Waals surface area contributed by atoms with E-state index in [9.17, 15) is 9.59 Å². The number of urea groups is 1. The highest BCUT2D eigenvalue weighted by molar-refractivity contribution is 6.01. The number of piperazine rings is 1. The van der Waals surface area contributed by atoms with E-state index in [1.54, 1.807) is 13.1 Å². The fourth-order valence-electron chi connectivity index (χ4n) is 3.51. The topological polar surface area (TPSA) is 94.9 Å². The molecular formula is C21H25N7O2. The van der Waals surface area contributed by atoms with Crippen molar-refractivity contribution in [3.05, 3.63) is 54.2 Å². The molecule has 156 valence electrons. The smallest absolute Gasteiger partial charge is 0.323 e. The molecule has 3 aromatic heterocycles. The molecule has 0 bridgehead atoms. The summed E-state index contributed by atoms with van der Waals surface area (Å²) in [6, 6.07) is 6.99. The van der Waals surface area contributed by atoms with Crippen LogP contribution in [0.2, 0.25) is 0 Å². The second-order valence-corrected chi connectivity index (χ2v) is 7.43. The Morgan fingerprint density at radius 3 is 2.60 bits per heavy atom. The summed E-state index contributed by atoms with van der Waals surface area (Å²) >= 11 is 0. The number of aryl methyl sites for hydroxylation is 1. The molecule has 4 heterocycles. The molecule has 1 saturated heterocycles. The zero-order valence-corrected chi connectivity index (χ0v) is 17.1. The van der Waals surface area contributed by atoms with E-state index in [1.807, 2.05) is 52.9 Å². The largest absolute Gasteiger partial charge is 0.340 e. The van der Waals surface area contributed by atoms with Crippen molar-refractivity contribution in [2.45, 2.75) is 20.4 Å². The first-order chi connectivity index (χ1) is 14.5. The average molecular weight is 407 g/mol. The number of pyridine rings is 2. The molecular weight excluding hydrogens is 382 g/mol. The number of anilines is 2. The van der Waals surface area contributed by atoms with E-state index in [4.69, 9.17) is 4.98 Å². The molecule has 3 aromatic rings. The van der Waals surface area contributed by atoms with Gasteiger partial charge in [-0.05, 0) is 31.2 Å². The first-order valence-corrected chi connectivity index (χ1v) is 9.93. The second-order valence-electron chi connectivity index (χ2n) is 7.43. The molecule has 2 N–H and O–H groups in total. The van der Waals surface area contributed by atoms with Gasteiger partial charge < -0.3 is 19.9 Å². The maximum absolute atomic E-state index is 12.4. The molecule has 0 aliphatic carbocycles. The van der Waals surface area contributed by atoms with Gasteiger partial charge in [0.25, 0.3) is 0 Å². The average Bonchev–Trinajstić information content (AvgIpc) is 3.13.